The first-order valence-electron chi connectivity index (χ1n) is 7.08. The highest BCUT2D eigenvalue weighted by Crippen LogP contribution is 2.33. The zero-order chi connectivity index (χ0) is 17.2. The predicted octanol–water partition coefficient (Wildman–Crippen LogP) is 1.84. The van der Waals surface area contributed by atoms with Crippen molar-refractivity contribution in [2.75, 3.05) is 13.3 Å². The average Bonchev–Trinajstić information content (AvgIpc) is 3.02. The fourth-order valence-corrected chi connectivity index (χ4v) is 3.29. The van der Waals surface area contributed by atoms with E-state index >= 15 is 0 Å². The van der Waals surface area contributed by atoms with Gasteiger partial charge in [0.1, 0.15) is 0 Å². The van der Waals surface area contributed by atoms with E-state index in [4.69, 9.17) is 9.47 Å². The van der Waals surface area contributed by atoms with Crippen LogP contribution in [0.2, 0.25) is 0 Å². The van der Waals surface area contributed by atoms with E-state index in [-0.39, 0.29) is 23.9 Å². The first-order chi connectivity index (χ1) is 11.5. The van der Waals surface area contributed by atoms with Crippen molar-refractivity contribution in [3.63, 3.8) is 0 Å². The lowest BCUT2D eigenvalue weighted by Crippen LogP contribution is -2.26. The van der Waals surface area contributed by atoms with Crippen LogP contribution >= 0.6 is 0 Å². The second-order valence-electron chi connectivity index (χ2n) is 5.09. The average molecular weight is 350 g/mol. The number of ether oxygens (including phenoxy) is 2. The molecule has 1 aliphatic heterocycles. The number of hydrogen-bond acceptors (Lipinski definition) is 6. The Morgan fingerprint density at radius 3 is 2.50 bits per heavy atom. The van der Waals surface area contributed by atoms with Crippen molar-refractivity contribution in [1.29, 1.82) is 0 Å². The molecule has 1 heterocycles. The van der Waals surface area contributed by atoms with Crippen LogP contribution in [0.5, 0.6) is 11.5 Å². The molecule has 0 spiro atoms. The van der Waals surface area contributed by atoms with Crippen molar-refractivity contribution in [3.05, 3.63) is 58.1 Å². The van der Waals surface area contributed by atoms with Crippen molar-refractivity contribution < 1.29 is 22.8 Å². The molecule has 2 aromatic carbocycles. The minimum absolute atomic E-state index is 0.000286. The molecule has 0 aromatic heterocycles. The molecule has 2 aromatic rings. The first kappa shape index (κ1) is 16.2. The third-order valence-electron chi connectivity index (χ3n) is 3.51. The normalized spacial score (nSPS) is 13.0. The standard InChI is InChI=1S/C15H14N2O6S/c18-17(19)12-3-1-11(2-4-12)7-8-16-24(20,21)13-5-6-14-15(9-13)23-10-22-14/h1-6,9,16H,7-8,10H2. The summed E-state index contributed by atoms with van der Waals surface area (Å²) in [6, 6.07) is 10.4. The van der Waals surface area contributed by atoms with Crippen LogP contribution in [-0.2, 0) is 16.4 Å². The van der Waals surface area contributed by atoms with E-state index in [9.17, 15) is 18.5 Å². The molecular formula is C15H14N2O6S. The topological polar surface area (TPSA) is 108 Å². The SMILES string of the molecule is O=[N+]([O-])c1ccc(CCNS(=O)(=O)c2ccc3c(c2)OCO3)cc1. The molecule has 24 heavy (non-hydrogen) atoms. The lowest BCUT2D eigenvalue weighted by atomic mass is 10.1. The molecule has 0 bridgehead atoms. The van der Waals surface area contributed by atoms with Gasteiger partial charge in [-0.2, -0.15) is 0 Å². The number of non-ortho nitro benzene ring substituents is 1. The van der Waals surface area contributed by atoms with Crippen LogP contribution in [0.3, 0.4) is 0 Å². The summed E-state index contributed by atoms with van der Waals surface area (Å²) in [5, 5.41) is 10.6. The molecule has 0 aliphatic carbocycles. The van der Waals surface area contributed by atoms with Crippen LogP contribution in [-0.4, -0.2) is 26.7 Å². The van der Waals surface area contributed by atoms with E-state index < -0.39 is 14.9 Å². The number of sulfonamides is 1. The third kappa shape index (κ3) is 3.47. The van der Waals surface area contributed by atoms with Crippen molar-refractivity contribution in [1.82, 2.24) is 4.72 Å². The molecule has 0 amide bonds. The van der Waals surface area contributed by atoms with Gasteiger partial charge in [0.15, 0.2) is 11.5 Å². The number of nitro benzene ring substituents is 1. The fraction of sp³-hybridized carbons (Fsp3) is 0.200. The number of hydrogen-bond donors (Lipinski definition) is 1. The summed E-state index contributed by atoms with van der Waals surface area (Å²) in [6.07, 6.45) is 0.418. The zero-order valence-electron chi connectivity index (χ0n) is 12.5. The Morgan fingerprint density at radius 1 is 1.08 bits per heavy atom. The highest BCUT2D eigenvalue weighted by Gasteiger charge is 2.19. The highest BCUT2D eigenvalue weighted by molar-refractivity contribution is 7.89. The monoisotopic (exact) mass is 350 g/mol. The Balaban J connectivity index is 1.62. The second-order valence-corrected chi connectivity index (χ2v) is 6.85. The van der Waals surface area contributed by atoms with E-state index in [1.807, 2.05) is 0 Å². The van der Waals surface area contributed by atoms with Crippen LogP contribution in [0.4, 0.5) is 5.69 Å². The molecule has 1 N–H and O–H groups in total. The molecule has 0 fully saturated rings. The minimum Gasteiger partial charge on any atom is -0.454 e. The molecular weight excluding hydrogens is 336 g/mol. The largest absolute Gasteiger partial charge is 0.454 e. The molecule has 8 nitrogen and oxygen atoms in total. The summed E-state index contributed by atoms with van der Waals surface area (Å²) in [7, 11) is -3.67. The lowest BCUT2D eigenvalue weighted by Gasteiger charge is -2.07. The Kier molecular flexibility index (Phi) is 4.36. The molecule has 0 saturated carbocycles. The van der Waals surface area contributed by atoms with E-state index in [1.165, 1.54) is 24.3 Å². The van der Waals surface area contributed by atoms with Gasteiger partial charge < -0.3 is 9.47 Å². The quantitative estimate of drug-likeness (QED) is 0.629. The summed E-state index contributed by atoms with van der Waals surface area (Å²) in [6.45, 7) is 0.251. The molecule has 0 unspecified atom stereocenters. The number of nitrogens with zero attached hydrogens (tertiary/aromatic N) is 1. The number of nitro groups is 1. The van der Waals surface area contributed by atoms with E-state index in [1.54, 1.807) is 18.2 Å². The fourth-order valence-electron chi connectivity index (χ4n) is 2.24. The van der Waals surface area contributed by atoms with Gasteiger partial charge in [0.25, 0.3) is 5.69 Å². The van der Waals surface area contributed by atoms with Gasteiger partial charge in [-0.1, -0.05) is 12.1 Å². The lowest BCUT2D eigenvalue weighted by molar-refractivity contribution is -0.384. The molecule has 0 radical (unpaired) electrons. The Morgan fingerprint density at radius 2 is 1.79 bits per heavy atom. The number of rotatable bonds is 6. The minimum atomic E-state index is -3.67. The summed E-state index contributed by atoms with van der Waals surface area (Å²) < 4.78 is 37.3. The molecule has 3 rings (SSSR count). The molecule has 9 heteroatoms. The smallest absolute Gasteiger partial charge is 0.269 e. The van der Waals surface area contributed by atoms with Gasteiger partial charge in [0, 0.05) is 24.7 Å². The van der Waals surface area contributed by atoms with Gasteiger partial charge in [0.05, 0.1) is 9.82 Å². The van der Waals surface area contributed by atoms with Crippen molar-refractivity contribution in [2.45, 2.75) is 11.3 Å². The van der Waals surface area contributed by atoms with Crippen molar-refractivity contribution in [2.24, 2.45) is 0 Å². The Labute approximate surface area is 138 Å². The predicted molar refractivity (Wildman–Crippen MR) is 84.6 cm³/mol. The van der Waals surface area contributed by atoms with Crippen LogP contribution in [0.1, 0.15) is 5.56 Å². The van der Waals surface area contributed by atoms with E-state index in [0.717, 1.165) is 5.56 Å². The summed E-state index contributed by atoms with van der Waals surface area (Å²) in [4.78, 5) is 10.2. The highest BCUT2D eigenvalue weighted by atomic mass is 32.2. The van der Waals surface area contributed by atoms with Crippen molar-refractivity contribution in [3.8, 4) is 11.5 Å². The first-order valence-corrected chi connectivity index (χ1v) is 8.57. The third-order valence-corrected chi connectivity index (χ3v) is 4.97. The van der Waals surface area contributed by atoms with E-state index in [2.05, 4.69) is 4.72 Å². The van der Waals surface area contributed by atoms with Gasteiger partial charge >= 0.3 is 0 Å². The zero-order valence-corrected chi connectivity index (χ0v) is 13.3. The van der Waals surface area contributed by atoms with E-state index in [0.29, 0.717) is 17.9 Å². The number of benzene rings is 2. The Bertz CT molecular complexity index is 864. The van der Waals surface area contributed by atoms with Crippen LogP contribution in [0, 0.1) is 10.1 Å². The number of fused-ring (bicyclic) bond motifs is 1. The van der Waals surface area contributed by atoms with Gasteiger partial charge in [-0.15, -0.1) is 0 Å². The maximum absolute atomic E-state index is 12.3. The maximum atomic E-state index is 12.3. The van der Waals surface area contributed by atoms with Crippen LogP contribution < -0.4 is 14.2 Å². The van der Waals surface area contributed by atoms with Crippen molar-refractivity contribution >= 4 is 15.7 Å². The second kappa shape index (κ2) is 6.46. The van der Waals surface area contributed by atoms with Gasteiger partial charge in [0.2, 0.25) is 16.8 Å². The van der Waals surface area contributed by atoms with Gasteiger partial charge in [-0.25, -0.2) is 13.1 Å². The molecule has 0 atom stereocenters. The van der Waals surface area contributed by atoms with Gasteiger partial charge in [-0.05, 0) is 24.1 Å². The summed E-state index contributed by atoms with van der Waals surface area (Å²) >= 11 is 0. The van der Waals surface area contributed by atoms with Crippen LogP contribution in [0.15, 0.2) is 47.4 Å². The van der Waals surface area contributed by atoms with Gasteiger partial charge in [-0.3, -0.25) is 10.1 Å². The summed E-state index contributed by atoms with van der Waals surface area (Å²) in [5.41, 5.74) is 0.800. The molecule has 126 valence electrons. The Hall–Kier alpha value is -2.65. The van der Waals surface area contributed by atoms with Crippen LogP contribution in [0.25, 0.3) is 0 Å². The maximum Gasteiger partial charge on any atom is 0.269 e. The number of nitrogens with one attached hydrogen (secondary N) is 1. The molecule has 1 aliphatic rings. The summed E-state index contributed by atoms with van der Waals surface area (Å²) in [5.74, 6) is 0.910. The molecule has 0 saturated heterocycles.